The molecule has 8 heteroatoms. The van der Waals surface area contributed by atoms with Crippen LogP contribution in [0, 0.1) is 6.92 Å². The maximum absolute atomic E-state index is 13.2. The van der Waals surface area contributed by atoms with Gasteiger partial charge in [-0.15, -0.1) is 0 Å². The van der Waals surface area contributed by atoms with Crippen LogP contribution < -0.4 is 0 Å². The van der Waals surface area contributed by atoms with Gasteiger partial charge in [-0.25, -0.2) is 14.5 Å². The number of carbonyl (C=O) groups excluding carboxylic acids is 2. The fraction of sp³-hybridized carbons (Fsp3) is 0.600. The lowest BCUT2D eigenvalue weighted by Gasteiger charge is -2.37. The minimum Gasteiger partial charge on any atom is -0.335 e. The van der Waals surface area contributed by atoms with Crippen LogP contribution in [-0.4, -0.2) is 80.7 Å². The van der Waals surface area contributed by atoms with Crippen LogP contribution in [0.2, 0.25) is 0 Å². The molecule has 2 aromatic rings. The molecule has 1 aliphatic rings. The highest BCUT2D eigenvalue weighted by Gasteiger charge is 2.28. The van der Waals surface area contributed by atoms with Crippen molar-refractivity contribution in [1.82, 2.24) is 29.5 Å². The largest absolute Gasteiger partial charge is 0.335 e. The van der Waals surface area contributed by atoms with Gasteiger partial charge >= 0.3 is 6.03 Å². The Morgan fingerprint density at radius 2 is 1.71 bits per heavy atom. The van der Waals surface area contributed by atoms with Gasteiger partial charge in [0.2, 0.25) is 0 Å². The van der Waals surface area contributed by atoms with Crippen LogP contribution >= 0.6 is 0 Å². The van der Waals surface area contributed by atoms with Crippen molar-refractivity contribution in [3.63, 3.8) is 0 Å². The minimum absolute atomic E-state index is 0.0197. The summed E-state index contributed by atoms with van der Waals surface area (Å²) in [7, 11) is 0. The third-order valence-corrected chi connectivity index (χ3v) is 5.29. The van der Waals surface area contributed by atoms with Gasteiger partial charge in [-0.3, -0.25) is 4.79 Å². The molecule has 3 rings (SSSR count). The average molecular weight is 387 g/mol. The highest BCUT2D eigenvalue weighted by molar-refractivity contribution is 6.05. The van der Waals surface area contributed by atoms with Crippen molar-refractivity contribution in [2.45, 2.75) is 40.7 Å². The molecule has 0 N–H and O–H groups in total. The number of carbonyl (C=O) groups is 2. The van der Waals surface area contributed by atoms with Crippen LogP contribution in [0.25, 0.3) is 11.0 Å². The predicted molar refractivity (Wildman–Crippen MR) is 108 cm³/mol. The normalized spacial score (nSPS) is 14.8. The van der Waals surface area contributed by atoms with E-state index >= 15 is 0 Å². The Morgan fingerprint density at radius 1 is 1.11 bits per heavy atom. The van der Waals surface area contributed by atoms with Gasteiger partial charge in [-0.05, 0) is 40.7 Å². The Balaban J connectivity index is 1.78. The number of fused-ring (bicyclic) bond motifs is 1. The molecule has 0 aromatic carbocycles. The van der Waals surface area contributed by atoms with E-state index in [0.717, 1.165) is 16.7 Å². The highest BCUT2D eigenvalue weighted by Crippen LogP contribution is 2.23. The van der Waals surface area contributed by atoms with Crippen LogP contribution in [0.15, 0.2) is 12.3 Å². The standard InChI is InChI=1S/C20H30N6O2/c1-6-23(7-2)20(28)25-10-8-24(9-11-25)19(27)16-12-15(5)22-18-17(16)13-21-26(18)14(3)4/h12-14H,6-11H2,1-5H3. The van der Waals surface area contributed by atoms with E-state index in [0.29, 0.717) is 44.8 Å². The second-order valence-electron chi connectivity index (χ2n) is 7.47. The van der Waals surface area contributed by atoms with Gasteiger partial charge in [-0.1, -0.05) is 0 Å². The topological polar surface area (TPSA) is 74.6 Å². The predicted octanol–water partition coefficient (Wildman–Crippen LogP) is 2.54. The SMILES string of the molecule is CCN(CC)C(=O)N1CCN(C(=O)c2cc(C)nc3c2cnn3C(C)C)CC1. The molecule has 8 nitrogen and oxygen atoms in total. The third kappa shape index (κ3) is 3.68. The molecule has 1 saturated heterocycles. The van der Waals surface area contributed by atoms with Crippen molar-refractivity contribution in [3.8, 4) is 0 Å². The van der Waals surface area contributed by atoms with Crippen molar-refractivity contribution in [3.05, 3.63) is 23.5 Å². The summed E-state index contributed by atoms with van der Waals surface area (Å²) in [6.07, 6.45) is 1.73. The van der Waals surface area contributed by atoms with E-state index in [-0.39, 0.29) is 18.0 Å². The molecule has 0 saturated carbocycles. The molecule has 0 aliphatic carbocycles. The first kappa shape index (κ1) is 20.1. The molecule has 0 radical (unpaired) electrons. The Kier molecular flexibility index (Phi) is 5.86. The Morgan fingerprint density at radius 3 is 2.29 bits per heavy atom. The van der Waals surface area contributed by atoms with Crippen molar-refractivity contribution in [2.24, 2.45) is 0 Å². The summed E-state index contributed by atoms with van der Waals surface area (Å²) in [4.78, 5) is 35.8. The van der Waals surface area contributed by atoms with Gasteiger partial charge in [0.05, 0.1) is 17.1 Å². The van der Waals surface area contributed by atoms with E-state index in [2.05, 4.69) is 10.1 Å². The molecule has 3 heterocycles. The molecule has 28 heavy (non-hydrogen) atoms. The van der Waals surface area contributed by atoms with Crippen LogP contribution in [0.5, 0.6) is 0 Å². The van der Waals surface area contributed by atoms with Crippen LogP contribution in [0.3, 0.4) is 0 Å². The zero-order valence-electron chi connectivity index (χ0n) is 17.5. The summed E-state index contributed by atoms with van der Waals surface area (Å²) < 4.78 is 1.85. The number of aryl methyl sites for hydroxylation is 1. The third-order valence-electron chi connectivity index (χ3n) is 5.29. The summed E-state index contributed by atoms with van der Waals surface area (Å²) in [5.74, 6) is -0.0197. The van der Waals surface area contributed by atoms with Crippen LogP contribution in [0.1, 0.15) is 49.8 Å². The van der Waals surface area contributed by atoms with Crippen LogP contribution in [0.4, 0.5) is 4.79 Å². The molecule has 152 valence electrons. The molecule has 0 atom stereocenters. The first-order valence-electron chi connectivity index (χ1n) is 10.0. The molecule has 2 aromatic heterocycles. The smallest absolute Gasteiger partial charge is 0.320 e. The fourth-order valence-corrected chi connectivity index (χ4v) is 3.66. The number of hydrogen-bond donors (Lipinski definition) is 0. The van der Waals surface area contributed by atoms with E-state index < -0.39 is 0 Å². The maximum Gasteiger partial charge on any atom is 0.320 e. The number of aromatic nitrogens is 3. The van der Waals surface area contributed by atoms with Crippen molar-refractivity contribution >= 4 is 23.0 Å². The number of hydrogen-bond acceptors (Lipinski definition) is 4. The Bertz CT molecular complexity index is 863. The van der Waals surface area contributed by atoms with E-state index in [1.54, 1.807) is 6.20 Å². The zero-order valence-corrected chi connectivity index (χ0v) is 17.5. The maximum atomic E-state index is 13.2. The van der Waals surface area contributed by atoms with E-state index in [4.69, 9.17) is 0 Å². The summed E-state index contributed by atoms with van der Waals surface area (Å²) in [6.45, 7) is 13.5. The molecule has 0 spiro atoms. The first-order valence-corrected chi connectivity index (χ1v) is 10.0. The molecule has 0 unspecified atom stereocenters. The molecular formula is C20H30N6O2. The number of amides is 3. The molecule has 0 bridgehead atoms. The van der Waals surface area contributed by atoms with E-state index in [1.165, 1.54) is 0 Å². The van der Waals surface area contributed by atoms with Crippen molar-refractivity contribution < 1.29 is 9.59 Å². The Hall–Kier alpha value is -2.64. The number of urea groups is 1. The molecular weight excluding hydrogens is 356 g/mol. The quantitative estimate of drug-likeness (QED) is 0.809. The summed E-state index contributed by atoms with van der Waals surface area (Å²) in [5.41, 5.74) is 2.18. The van der Waals surface area contributed by atoms with Gasteiger partial charge < -0.3 is 14.7 Å². The number of piperazine rings is 1. The minimum atomic E-state index is -0.0197. The monoisotopic (exact) mass is 386 g/mol. The lowest BCUT2D eigenvalue weighted by molar-refractivity contribution is 0.0643. The van der Waals surface area contributed by atoms with Gasteiger partial charge in [0.15, 0.2) is 5.65 Å². The fourth-order valence-electron chi connectivity index (χ4n) is 3.66. The van der Waals surface area contributed by atoms with Gasteiger partial charge in [0.1, 0.15) is 0 Å². The van der Waals surface area contributed by atoms with Gasteiger partial charge in [0.25, 0.3) is 5.91 Å². The van der Waals surface area contributed by atoms with Gasteiger partial charge in [-0.2, -0.15) is 5.10 Å². The lowest BCUT2D eigenvalue weighted by Crippen LogP contribution is -2.54. The first-order chi connectivity index (χ1) is 13.4. The lowest BCUT2D eigenvalue weighted by atomic mass is 10.1. The Labute approximate surface area is 166 Å². The van der Waals surface area contributed by atoms with E-state index in [9.17, 15) is 9.59 Å². The number of rotatable bonds is 4. The summed E-state index contributed by atoms with van der Waals surface area (Å²) in [6, 6.07) is 2.06. The van der Waals surface area contributed by atoms with Crippen molar-refractivity contribution in [1.29, 1.82) is 0 Å². The highest BCUT2D eigenvalue weighted by atomic mass is 16.2. The molecule has 1 aliphatic heterocycles. The molecule has 1 fully saturated rings. The second-order valence-corrected chi connectivity index (χ2v) is 7.47. The summed E-state index contributed by atoms with van der Waals surface area (Å²) >= 11 is 0. The molecule has 3 amide bonds. The zero-order chi connectivity index (χ0) is 20.4. The average Bonchev–Trinajstić information content (AvgIpc) is 3.11. The van der Waals surface area contributed by atoms with E-state index in [1.807, 2.05) is 60.1 Å². The number of nitrogens with zero attached hydrogens (tertiary/aromatic N) is 6. The van der Waals surface area contributed by atoms with Crippen molar-refractivity contribution in [2.75, 3.05) is 39.3 Å². The number of pyridine rings is 1. The summed E-state index contributed by atoms with van der Waals surface area (Å²) in [5, 5.41) is 5.21. The van der Waals surface area contributed by atoms with Crippen LogP contribution in [-0.2, 0) is 0 Å². The second kappa shape index (κ2) is 8.16. The van der Waals surface area contributed by atoms with Gasteiger partial charge in [0, 0.05) is 51.0 Å².